The fourth-order valence-electron chi connectivity index (χ4n) is 1.62. The summed E-state index contributed by atoms with van der Waals surface area (Å²) >= 11 is 0. The van der Waals surface area contributed by atoms with Crippen molar-refractivity contribution in [2.45, 2.75) is 26.1 Å². The van der Waals surface area contributed by atoms with Crippen molar-refractivity contribution >= 4 is 5.91 Å². The van der Waals surface area contributed by atoms with E-state index in [9.17, 15) is 4.79 Å². The molecule has 0 radical (unpaired) electrons. The van der Waals surface area contributed by atoms with Crippen LogP contribution in [0.15, 0.2) is 47.3 Å². The maximum Gasteiger partial charge on any atom is 0.234 e. The minimum absolute atomic E-state index is 0.341. The van der Waals surface area contributed by atoms with Crippen LogP contribution in [-0.2, 0) is 17.9 Å². The molecule has 2 aromatic rings. The Morgan fingerprint density at radius 3 is 2.65 bits per heavy atom. The molecule has 20 heavy (non-hydrogen) atoms. The number of hydrogen-bond acceptors (Lipinski definition) is 4. The standard InChI is InChI=1S/C15H18N2O3/c1-11(15(16)18)17-8-12-2-4-14(5-3-12)20-10-13-6-7-19-9-13/h2-7,9,11,17H,8,10H2,1H3,(H2,16,18)/t11-/m0/s1. The number of ether oxygens (including phenoxy) is 1. The Morgan fingerprint density at radius 2 is 2.05 bits per heavy atom. The van der Waals surface area contributed by atoms with Crippen LogP contribution in [0.4, 0.5) is 0 Å². The average molecular weight is 274 g/mol. The Bertz CT molecular complexity index is 535. The van der Waals surface area contributed by atoms with Crippen LogP contribution in [0, 0.1) is 0 Å². The largest absolute Gasteiger partial charge is 0.489 e. The molecule has 0 fully saturated rings. The highest BCUT2D eigenvalue weighted by Gasteiger charge is 2.06. The molecule has 0 bridgehead atoms. The third kappa shape index (κ3) is 4.13. The van der Waals surface area contributed by atoms with Crippen LogP contribution in [0.5, 0.6) is 5.75 Å². The van der Waals surface area contributed by atoms with Gasteiger partial charge in [-0.3, -0.25) is 4.79 Å². The van der Waals surface area contributed by atoms with E-state index in [1.54, 1.807) is 19.5 Å². The van der Waals surface area contributed by atoms with E-state index in [1.807, 2.05) is 30.3 Å². The predicted octanol–water partition coefficient (Wildman–Crippen LogP) is 1.82. The van der Waals surface area contributed by atoms with Crippen LogP contribution in [0.3, 0.4) is 0 Å². The third-order valence-electron chi connectivity index (χ3n) is 2.95. The van der Waals surface area contributed by atoms with Crippen LogP contribution >= 0.6 is 0 Å². The van der Waals surface area contributed by atoms with Crippen molar-refractivity contribution in [1.82, 2.24) is 5.32 Å². The summed E-state index contributed by atoms with van der Waals surface area (Å²) in [6.45, 7) is 2.81. The molecule has 0 saturated carbocycles. The van der Waals surface area contributed by atoms with Crippen molar-refractivity contribution in [3.8, 4) is 5.75 Å². The van der Waals surface area contributed by atoms with Gasteiger partial charge in [0.05, 0.1) is 18.6 Å². The lowest BCUT2D eigenvalue weighted by molar-refractivity contribution is -0.119. The molecule has 0 spiro atoms. The molecule has 3 N–H and O–H groups in total. The van der Waals surface area contributed by atoms with Crippen LogP contribution in [0.2, 0.25) is 0 Å². The average Bonchev–Trinajstić information content (AvgIpc) is 2.96. The van der Waals surface area contributed by atoms with E-state index in [2.05, 4.69) is 5.32 Å². The quantitative estimate of drug-likeness (QED) is 0.807. The molecule has 1 aromatic heterocycles. The summed E-state index contributed by atoms with van der Waals surface area (Å²) < 4.78 is 10.6. The number of nitrogens with two attached hydrogens (primary N) is 1. The van der Waals surface area contributed by atoms with Gasteiger partial charge in [0.1, 0.15) is 12.4 Å². The Balaban J connectivity index is 1.82. The van der Waals surface area contributed by atoms with Crippen LogP contribution < -0.4 is 15.8 Å². The number of carbonyl (C=O) groups excluding carboxylic acids is 1. The highest BCUT2D eigenvalue weighted by atomic mass is 16.5. The first-order valence-electron chi connectivity index (χ1n) is 6.40. The summed E-state index contributed by atoms with van der Waals surface area (Å²) in [5.41, 5.74) is 7.24. The van der Waals surface area contributed by atoms with E-state index in [4.69, 9.17) is 14.9 Å². The van der Waals surface area contributed by atoms with E-state index in [-0.39, 0.29) is 11.9 Å². The van der Waals surface area contributed by atoms with E-state index in [0.717, 1.165) is 16.9 Å². The smallest absolute Gasteiger partial charge is 0.234 e. The first kappa shape index (κ1) is 14.1. The fraction of sp³-hybridized carbons (Fsp3) is 0.267. The summed E-state index contributed by atoms with van der Waals surface area (Å²) in [5, 5.41) is 3.04. The molecule has 0 aliphatic rings. The molecule has 0 aliphatic carbocycles. The van der Waals surface area contributed by atoms with E-state index >= 15 is 0 Å². The van der Waals surface area contributed by atoms with Crippen molar-refractivity contribution in [2.24, 2.45) is 5.73 Å². The molecular formula is C15H18N2O3. The lowest BCUT2D eigenvalue weighted by Gasteiger charge is -2.10. The zero-order chi connectivity index (χ0) is 14.4. The highest BCUT2D eigenvalue weighted by molar-refractivity contribution is 5.79. The zero-order valence-electron chi connectivity index (χ0n) is 11.3. The Kier molecular flexibility index (Phi) is 4.79. The number of hydrogen-bond donors (Lipinski definition) is 2. The Morgan fingerprint density at radius 1 is 1.30 bits per heavy atom. The zero-order valence-corrected chi connectivity index (χ0v) is 11.3. The molecule has 0 saturated heterocycles. The highest BCUT2D eigenvalue weighted by Crippen LogP contribution is 2.14. The maximum atomic E-state index is 10.9. The third-order valence-corrected chi connectivity index (χ3v) is 2.95. The minimum atomic E-state index is -0.356. The first-order chi connectivity index (χ1) is 9.65. The van der Waals surface area contributed by atoms with Gasteiger partial charge in [0, 0.05) is 12.1 Å². The summed E-state index contributed by atoms with van der Waals surface area (Å²) in [4.78, 5) is 10.9. The number of furan rings is 1. The number of benzene rings is 1. The van der Waals surface area contributed by atoms with Crippen LogP contribution in [-0.4, -0.2) is 11.9 Å². The van der Waals surface area contributed by atoms with Crippen molar-refractivity contribution in [3.63, 3.8) is 0 Å². The van der Waals surface area contributed by atoms with Crippen LogP contribution in [0.1, 0.15) is 18.1 Å². The van der Waals surface area contributed by atoms with Gasteiger partial charge in [-0.15, -0.1) is 0 Å². The Labute approximate surface area is 117 Å². The maximum absolute atomic E-state index is 10.9. The van der Waals surface area contributed by atoms with Gasteiger partial charge >= 0.3 is 0 Å². The van der Waals surface area contributed by atoms with Gasteiger partial charge in [0.15, 0.2) is 0 Å². The number of nitrogens with one attached hydrogen (secondary N) is 1. The second kappa shape index (κ2) is 6.77. The van der Waals surface area contributed by atoms with Crippen molar-refractivity contribution < 1.29 is 13.9 Å². The fourth-order valence-corrected chi connectivity index (χ4v) is 1.62. The van der Waals surface area contributed by atoms with E-state index in [1.165, 1.54) is 0 Å². The van der Waals surface area contributed by atoms with Crippen molar-refractivity contribution in [1.29, 1.82) is 0 Å². The molecule has 1 amide bonds. The van der Waals surface area contributed by atoms with Gasteiger partial charge in [-0.1, -0.05) is 12.1 Å². The lowest BCUT2D eigenvalue weighted by atomic mass is 10.2. The van der Waals surface area contributed by atoms with Crippen LogP contribution in [0.25, 0.3) is 0 Å². The van der Waals surface area contributed by atoms with Gasteiger partial charge in [-0.05, 0) is 30.7 Å². The number of amides is 1. The van der Waals surface area contributed by atoms with E-state index < -0.39 is 0 Å². The molecule has 1 atom stereocenters. The molecule has 106 valence electrons. The summed E-state index contributed by atoms with van der Waals surface area (Å²) in [5.74, 6) is 0.433. The summed E-state index contributed by atoms with van der Waals surface area (Å²) in [6, 6.07) is 9.21. The Hall–Kier alpha value is -2.27. The molecule has 1 aromatic carbocycles. The lowest BCUT2D eigenvalue weighted by Crippen LogP contribution is -2.38. The van der Waals surface area contributed by atoms with Gasteiger partial charge in [-0.2, -0.15) is 0 Å². The number of carbonyl (C=O) groups is 1. The molecule has 2 rings (SSSR count). The second-order valence-corrected chi connectivity index (χ2v) is 4.57. The SMILES string of the molecule is C[C@H](NCc1ccc(OCc2ccoc2)cc1)C(N)=O. The van der Waals surface area contributed by atoms with Gasteiger partial charge < -0.3 is 20.2 Å². The van der Waals surface area contributed by atoms with E-state index in [0.29, 0.717) is 13.2 Å². The summed E-state index contributed by atoms with van der Waals surface area (Å²) in [6.07, 6.45) is 3.27. The number of primary amides is 1. The van der Waals surface area contributed by atoms with Crippen molar-refractivity contribution in [2.75, 3.05) is 0 Å². The normalized spacial score (nSPS) is 12.1. The monoisotopic (exact) mass is 274 g/mol. The molecule has 5 heteroatoms. The molecular weight excluding hydrogens is 256 g/mol. The molecule has 5 nitrogen and oxygen atoms in total. The minimum Gasteiger partial charge on any atom is -0.489 e. The van der Waals surface area contributed by atoms with Gasteiger partial charge in [0.25, 0.3) is 0 Å². The second-order valence-electron chi connectivity index (χ2n) is 4.57. The molecule has 1 heterocycles. The van der Waals surface area contributed by atoms with Crippen molar-refractivity contribution in [3.05, 3.63) is 54.0 Å². The van der Waals surface area contributed by atoms with Gasteiger partial charge in [0.2, 0.25) is 5.91 Å². The predicted molar refractivity (Wildman–Crippen MR) is 75.0 cm³/mol. The number of rotatable bonds is 7. The van der Waals surface area contributed by atoms with Gasteiger partial charge in [-0.25, -0.2) is 0 Å². The summed E-state index contributed by atoms with van der Waals surface area (Å²) in [7, 11) is 0. The topological polar surface area (TPSA) is 77.5 Å². The molecule has 0 aliphatic heterocycles. The molecule has 0 unspecified atom stereocenters. The first-order valence-corrected chi connectivity index (χ1v) is 6.40.